The van der Waals surface area contributed by atoms with E-state index in [9.17, 15) is 0 Å². The normalized spacial score (nSPS) is 13.8. The highest BCUT2D eigenvalue weighted by Crippen LogP contribution is 1.94. The Kier molecular flexibility index (Phi) is 4.28. The van der Waals surface area contributed by atoms with E-state index in [1.54, 1.807) is 6.92 Å². The van der Waals surface area contributed by atoms with E-state index in [-0.39, 0.29) is 0 Å². The highest BCUT2D eigenvalue weighted by Gasteiger charge is 2.02. The summed E-state index contributed by atoms with van der Waals surface area (Å²) in [7, 11) is 0. The Hall–Kier alpha value is -1.06. The molecule has 0 aliphatic rings. The Morgan fingerprint density at radius 1 is 1.30 bits per heavy atom. The molecule has 58 valence electrons. The largest absolute Gasteiger partial charge is 0.411 e. The molecule has 0 aliphatic heterocycles. The van der Waals surface area contributed by atoms with Gasteiger partial charge in [-0.25, -0.2) is 0 Å². The molecule has 0 spiro atoms. The summed E-state index contributed by atoms with van der Waals surface area (Å²) in [5.41, 5.74) is 0.800. The van der Waals surface area contributed by atoms with Crippen LogP contribution >= 0.6 is 0 Å². The fourth-order valence-corrected chi connectivity index (χ4v) is 0.598. The maximum atomic E-state index is 8.35. The molecule has 4 heteroatoms. The fraction of sp³-hybridized carbons (Fsp3) is 0.667. The highest BCUT2D eigenvalue weighted by molar-refractivity contribution is 6.41. The monoisotopic (exact) mass is 144 g/mol. The molecule has 0 aliphatic carbocycles. The van der Waals surface area contributed by atoms with Crippen LogP contribution in [-0.4, -0.2) is 21.8 Å². The molecule has 0 radical (unpaired) electrons. The predicted octanol–water partition coefficient (Wildman–Crippen LogP) is 1.47. The van der Waals surface area contributed by atoms with Crippen molar-refractivity contribution in [1.29, 1.82) is 0 Å². The summed E-state index contributed by atoms with van der Waals surface area (Å²) < 4.78 is 0. The average molecular weight is 144 g/mol. The van der Waals surface area contributed by atoms with Gasteiger partial charge in [-0.15, -0.1) is 0 Å². The van der Waals surface area contributed by atoms with Crippen LogP contribution in [0.1, 0.15) is 26.7 Å². The van der Waals surface area contributed by atoms with Crippen molar-refractivity contribution in [1.82, 2.24) is 0 Å². The Labute approximate surface area is 59.9 Å². The van der Waals surface area contributed by atoms with E-state index in [0.717, 1.165) is 6.42 Å². The van der Waals surface area contributed by atoms with Gasteiger partial charge in [-0.2, -0.15) is 0 Å². The summed E-state index contributed by atoms with van der Waals surface area (Å²) in [5.74, 6) is 0. The minimum atomic E-state index is 0.365. The first-order valence-electron chi connectivity index (χ1n) is 3.16. The van der Waals surface area contributed by atoms with Gasteiger partial charge in [0, 0.05) is 0 Å². The highest BCUT2D eigenvalue weighted by atomic mass is 16.4. The van der Waals surface area contributed by atoms with Gasteiger partial charge in [0.05, 0.1) is 0 Å². The number of hydrogen-bond acceptors (Lipinski definition) is 4. The zero-order valence-corrected chi connectivity index (χ0v) is 6.20. The number of oxime groups is 2. The summed E-state index contributed by atoms with van der Waals surface area (Å²) in [6.45, 7) is 3.54. The molecule has 0 aromatic heterocycles. The van der Waals surface area contributed by atoms with Gasteiger partial charge in [0.1, 0.15) is 11.4 Å². The van der Waals surface area contributed by atoms with E-state index in [0.29, 0.717) is 17.8 Å². The van der Waals surface area contributed by atoms with Crippen LogP contribution in [0, 0.1) is 0 Å². The van der Waals surface area contributed by atoms with Gasteiger partial charge >= 0.3 is 0 Å². The third-order valence-corrected chi connectivity index (χ3v) is 1.18. The van der Waals surface area contributed by atoms with Crippen LogP contribution in [0.4, 0.5) is 0 Å². The molecule has 10 heavy (non-hydrogen) atoms. The van der Waals surface area contributed by atoms with Crippen molar-refractivity contribution in [2.45, 2.75) is 26.7 Å². The quantitative estimate of drug-likeness (QED) is 0.358. The van der Waals surface area contributed by atoms with Crippen molar-refractivity contribution in [3.05, 3.63) is 0 Å². The molecule has 0 saturated carbocycles. The first-order valence-corrected chi connectivity index (χ1v) is 3.16. The number of nitrogens with zero attached hydrogens (tertiary/aromatic N) is 2. The second-order valence-corrected chi connectivity index (χ2v) is 1.98. The summed E-state index contributed by atoms with van der Waals surface area (Å²) >= 11 is 0. The van der Waals surface area contributed by atoms with Gasteiger partial charge in [-0.1, -0.05) is 23.7 Å². The molecule has 0 amide bonds. The van der Waals surface area contributed by atoms with E-state index in [1.807, 2.05) is 6.92 Å². The van der Waals surface area contributed by atoms with E-state index in [1.165, 1.54) is 0 Å². The fourth-order valence-electron chi connectivity index (χ4n) is 0.598. The molecule has 0 saturated heterocycles. The first kappa shape index (κ1) is 8.94. The molecule has 0 fully saturated rings. The first-order chi connectivity index (χ1) is 4.76. The second-order valence-electron chi connectivity index (χ2n) is 1.98. The van der Waals surface area contributed by atoms with E-state index in [2.05, 4.69) is 10.3 Å². The van der Waals surface area contributed by atoms with Crippen molar-refractivity contribution in [3.63, 3.8) is 0 Å². The molecular formula is C6H12N2O2. The Morgan fingerprint density at radius 3 is 2.20 bits per heavy atom. The second kappa shape index (κ2) is 4.78. The van der Waals surface area contributed by atoms with E-state index >= 15 is 0 Å². The zero-order chi connectivity index (χ0) is 7.98. The average Bonchev–Trinajstić information content (AvgIpc) is 1.99. The molecule has 0 aromatic carbocycles. The molecule has 0 heterocycles. The molecule has 0 rings (SSSR count). The third-order valence-electron chi connectivity index (χ3n) is 1.18. The summed E-state index contributed by atoms with van der Waals surface area (Å²) in [4.78, 5) is 0. The molecule has 0 bridgehead atoms. The molecule has 0 aromatic rings. The zero-order valence-electron chi connectivity index (χ0n) is 6.20. The lowest BCUT2D eigenvalue weighted by molar-refractivity contribution is 0.313. The maximum absolute atomic E-state index is 8.35. The minimum absolute atomic E-state index is 0.365. The van der Waals surface area contributed by atoms with Crippen LogP contribution in [0.15, 0.2) is 10.3 Å². The predicted molar refractivity (Wildman–Crippen MR) is 39.0 cm³/mol. The third kappa shape index (κ3) is 2.48. The molecule has 0 atom stereocenters. The smallest absolute Gasteiger partial charge is 0.104 e. The molecule has 0 unspecified atom stereocenters. The van der Waals surface area contributed by atoms with Crippen molar-refractivity contribution in [3.8, 4) is 0 Å². The molecular weight excluding hydrogens is 132 g/mol. The van der Waals surface area contributed by atoms with Crippen molar-refractivity contribution >= 4 is 11.4 Å². The number of rotatable bonds is 3. The minimum Gasteiger partial charge on any atom is -0.411 e. The van der Waals surface area contributed by atoms with Gasteiger partial charge < -0.3 is 10.4 Å². The molecule has 4 nitrogen and oxygen atoms in total. The van der Waals surface area contributed by atoms with Crippen molar-refractivity contribution in [2.75, 3.05) is 0 Å². The lowest BCUT2D eigenvalue weighted by Crippen LogP contribution is -2.09. The van der Waals surface area contributed by atoms with Crippen LogP contribution < -0.4 is 0 Å². The number of hydrogen-bond donors (Lipinski definition) is 2. The van der Waals surface area contributed by atoms with Gasteiger partial charge in [-0.3, -0.25) is 0 Å². The van der Waals surface area contributed by atoms with Crippen LogP contribution in [0.2, 0.25) is 0 Å². The standard InChI is InChI=1S/C6H12N2O2/c1-3-4-6(8-10)5(2)7-9/h9-10H,3-4H2,1-2H3/b7-5+,8-6-. The maximum Gasteiger partial charge on any atom is 0.104 e. The van der Waals surface area contributed by atoms with Gasteiger partial charge in [0.2, 0.25) is 0 Å². The Bertz CT molecular complexity index is 152. The van der Waals surface area contributed by atoms with Crippen LogP contribution in [-0.2, 0) is 0 Å². The summed E-state index contributed by atoms with van der Waals surface area (Å²) in [6.07, 6.45) is 1.50. The van der Waals surface area contributed by atoms with Crippen LogP contribution in [0.3, 0.4) is 0 Å². The van der Waals surface area contributed by atoms with Gasteiger partial charge in [0.25, 0.3) is 0 Å². The Morgan fingerprint density at radius 2 is 1.90 bits per heavy atom. The van der Waals surface area contributed by atoms with Crippen molar-refractivity contribution < 1.29 is 10.4 Å². The van der Waals surface area contributed by atoms with Crippen molar-refractivity contribution in [2.24, 2.45) is 10.3 Å². The topological polar surface area (TPSA) is 65.2 Å². The lowest BCUT2D eigenvalue weighted by Gasteiger charge is -1.97. The summed E-state index contributed by atoms with van der Waals surface area (Å²) in [6, 6.07) is 0. The van der Waals surface area contributed by atoms with Crippen LogP contribution in [0.5, 0.6) is 0 Å². The van der Waals surface area contributed by atoms with E-state index < -0.39 is 0 Å². The SMILES string of the molecule is CCCC(=N/O)/C(C)=N/O. The van der Waals surface area contributed by atoms with Gasteiger partial charge in [0.15, 0.2) is 0 Å². The van der Waals surface area contributed by atoms with Crippen LogP contribution in [0.25, 0.3) is 0 Å². The Balaban J connectivity index is 4.09. The van der Waals surface area contributed by atoms with E-state index in [4.69, 9.17) is 10.4 Å². The summed E-state index contributed by atoms with van der Waals surface area (Å²) in [5, 5.41) is 22.5. The molecule has 2 N–H and O–H groups in total. The lowest BCUT2D eigenvalue weighted by atomic mass is 10.1. The van der Waals surface area contributed by atoms with Gasteiger partial charge in [-0.05, 0) is 13.3 Å².